The van der Waals surface area contributed by atoms with E-state index in [1.807, 2.05) is 4.90 Å². The normalized spacial score (nSPS) is 19.1. The SMILES string of the molecule is CC1CCCN1C(=O)COc1ccc(Cl)cc1Cl. The van der Waals surface area contributed by atoms with Crippen molar-refractivity contribution in [2.75, 3.05) is 13.2 Å². The zero-order valence-electron chi connectivity index (χ0n) is 10.2. The number of rotatable bonds is 3. The summed E-state index contributed by atoms with van der Waals surface area (Å²) in [7, 11) is 0. The van der Waals surface area contributed by atoms with Gasteiger partial charge < -0.3 is 9.64 Å². The van der Waals surface area contributed by atoms with Crippen molar-refractivity contribution in [3.8, 4) is 5.75 Å². The molecule has 1 unspecified atom stereocenters. The number of likely N-dealkylation sites (tertiary alicyclic amines) is 1. The van der Waals surface area contributed by atoms with Gasteiger partial charge in [0, 0.05) is 17.6 Å². The van der Waals surface area contributed by atoms with Crippen molar-refractivity contribution in [3.05, 3.63) is 28.2 Å². The van der Waals surface area contributed by atoms with Crippen LogP contribution in [-0.2, 0) is 4.79 Å². The van der Waals surface area contributed by atoms with E-state index >= 15 is 0 Å². The molecule has 18 heavy (non-hydrogen) atoms. The molecule has 5 heteroatoms. The van der Waals surface area contributed by atoms with Gasteiger partial charge >= 0.3 is 0 Å². The predicted molar refractivity (Wildman–Crippen MR) is 72.4 cm³/mol. The van der Waals surface area contributed by atoms with Gasteiger partial charge in [-0.1, -0.05) is 23.2 Å². The van der Waals surface area contributed by atoms with Gasteiger partial charge in [0.05, 0.1) is 5.02 Å². The van der Waals surface area contributed by atoms with E-state index < -0.39 is 0 Å². The first-order valence-electron chi connectivity index (χ1n) is 5.95. The van der Waals surface area contributed by atoms with Crippen molar-refractivity contribution >= 4 is 29.1 Å². The van der Waals surface area contributed by atoms with Crippen LogP contribution in [0.1, 0.15) is 19.8 Å². The Kier molecular flexibility index (Phi) is 4.36. The molecule has 0 aliphatic carbocycles. The van der Waals surface area contributed by atoms with Crippen LogP contribution < -0.4 is 4.74 Å². The highest BCUT2D eigenvalue weighted by atomic mass is 35.5. The fourth-order valence-corrected chi connectivity index (χ4v) is 2.58. The molecule has 0 aromatic heterocycles. The van der Waals surface area contributed by atoms with Crippen molar-refractivity contribution in [1.29, 1.82) is 0 Å². The number of halogens is 2. The van der Waals surface area contributed by atoms with E-state index in [4.69, 9.17) is 27.9 Å². The van der Waals surface area contributed by atoms with Gasteiger partial charge in [-0.05, 0) is 38.0 Å². The first kappa shape index (κ1) is 13.5. The molecular formula is C13H15Cl2NO2. The Morgan fingerprint density at radius 3 is 2.89 bits per heavy atom. The predicted octanol–water partition coefficient (Wildman–Crippen LogP) is 3.38. The van der Waals surface area contributed by atoms with Gasteiger partial charge in [0.15, 0.2) is 6.61 Å². The molecule has 0 saturated carbocycles. The molecule has 0 spiro atoms. The van der Waals surface area contributed by atoms with Crippen molar-refractivity contribution in [2.45, 2.75) is 25.8 Å². The van der Waals surface area contributed by atoms with Gasteiger partial charge in [0.2, 0.25) is 0 Å². The van der Waals surface area contributed by atoms with E-state index in [1.54, 1.807) is 18.2 Å². The second-order valence-corrected chi connectivity index (χ2v) is 5.29. The van der Waals surface area contributed by atoms with E-state index in [1.165, 1.54) is 0 Å². The smallest absolute Gasteiger partial charge is 0.260 e. The van der Waals surface area contributed by atoms with Crippen molar-refractivity contribution in [3.63, 3.8) is 0 Å². The van der Waals surface area contributed by atoms with Crippen LogP contribution in [0, 0.1) is 0 Å². The zero-order chi connectivity index (χ0) is 13.1. The molecule has 1 aliphatic heterocycles. The number of amides is 1. The zero-order valence-corrected chi connectivity index (χ0v) is 11.7. The van der Waals surface area contributed by atoms with Crippen LogP contribution in [0.2, 0.25) is 10.0 Å². The highest BCUT2D eigenvalue weighted by Crippen LogP contribution is 2.27. The molecule has 1 aromatic rings. The van der Waals surface area contributed by atoms with Crippen LogP contribution in [0.25, 0.3) is 0 Å². The lowest BCUT2D eigenvalue weighted by molar-refractivity contribution is -0.133. The number of carbonyl (C=O) groups is 1. The van der Waals surface area contributed by atoms with Crippen LogP contribution in [0.5, 0.6) is 5.75 Å². The van der Waals surface area contributed by atoms with Crippen LogP contribution >= 0.6 is 23.2 Å². The van der Waals surface area contributed by atoms with Crippen molar-refractivity contribution in [1.82, 2.24) is 4.90 Å². The van der Waals surface area contributed by atoms with Crippen LogP contribution in [-0.4, -0.2) is 30.0 Å². The Balaban J connectivity index is 1.93. The topological polar surface area (TPSA) is 29.5 Å². The maximum absolute atomic E-state index is 11.9. The highest BCUT2D eigenvalue weighted by molar-refractivity contribution is 6.35. The number of nitrogens with zero attached hydrogens (tertiary/aromatic N) is 1. The van der Waals surface area contributed by atoms with Gasteiger partial charge in [-0.25, -0.2) is 0 Å². The third kappa shape index (κ3) is 3.09. The van der Waals surface area contributed by atoms with E-state index in [0.29, 0.717) is 21.8 Å². The summed E-state index contributed by atoms with van der Waals surface area (Å²) in [5.41, 5.74) is 0. The first-order chi connectivity index (χ1) is 8.58. The monoisotopic (exact) mass is 287 g/mol. The molecule has 1 heterocycles. The second kappa shape index (κ2) is 5.81. The van der Waals surface area contributed by atoms with Gasteiger partial charge in [-0.2, -0.15) is 0 Å². The second-order valence-electron chi connectivity index (χ2n) is 4.44. The summed E-state index contributed by atoms with van der Waals surface area (Å²) in [6, 6.07) is 5.26. The highest BCUT2D eigenvalue weighted by Gasteiger charge is 2.25. The Hall–Kier alpha value is -0.930. The minimum atomic E-state index is 0.00557. The standard InChI is InChI=1S/C13H15Cl2NO2/c1-9-3-2-6-16(9)13(17)8-18-12-5-4-10(14)7-11(12)15/h4-5,7,9H,2-3,6,8H2,1H3. The van der Waals surface area contributed by atoms with E-state index in [-0.39, 0.29) is 12.5 Å². The molecule has 3 nitrogen and oxygen atoms in total. The molecule has 1 atom stereocenters. The number of ether oxygens (including phenoxy) is 1. The maximum Gasteiger partial charge on any atom is 0.260 e. The summed E-state index contributed by atoms with van der Waals surface area (Å²) in [4.78, 5) is 13.8. The molecule has 0 bridgehead atoms. The molecule has 1 aliphatic rings. The Morgan fingerprint density at radius 1 is 1.50 bits per heavy atom. The Labute approximate surface area is 117 Å². The lowest BCUT2D eigenvalue weighted by Crippen LogP contribution is -2.37. The lowest BCUT2D eigenvalue weighted by Gasteiger charge is -2.21. The fourth-order valence-electron chi connectivity index (χ4n) is 2.12. The molecule has 0 N–H and O–H groups in total. The van der Waals surface area contributed by atoms with Gasteiger partial charge in [-0.3, -0.25) is 4.79 Å². The number of hydrogen-bond donors (Lipinski definition) is 0. The summed E-state index contributed by atoms with van der Waals surface area (Å²) in [5.74, 6) is 0.493. The molecule has 1 saturated heterocycles. The number of benzene rings is 1. The summed E-state index contributed by atoms with van der Waals surface area (Å²) < 4.78 is 5.43. The molecule has 2 rings (SSSR count). The summed E-state index contributed by atoms with van der Waals surface area (Å²) in [6.45, 7) is 2.89. The van der Waals surface area contributed by atoms with Crippen molar-refractivity contribution < 1.29 is 9.53 Å². The van der Waals surface area contributed by atoms with Crippen LogP contribution in [0.3, 0.4) is 0 Å². The van der Waals surface area contributed by atoms with Gasteiger partial charge in [0.25, 0.3) is 5.91 Å². The number of carbonyl (C=O) groups excluding carboxylic acids is 1. The van der Waals surface area contributed by atoms with E-state index in [0.717, 1.165) is 19.4 Å². The van der Waals surface area contributed by atoms with Crippen LogP contribution in [0.4, 0.5) is 0 Å². The fraction of sp³-hybridized carbons (Fsp3) is 0.462. The quantitative estimate of drug-likeness (QED) is 0.853. The van der Waals surface area contributed by atoms with Gasteiger partial charge in [0.1, 0.15) is 5.75 Å². The Bertz CT molecular complexity index is 451. The van der Waals surface area contributed by atoms with Crippen molar-refractivity contribution in [2.24, 2.45) is 0 Å². The minimum absolute atomic E-state index is 0.00557. The maximum atomic E-state index is 11.9. The largest absolute Gasteiger partial charge is 0.482 e. The third-order valence-corrected chi connectivity index (χ3v) is 3.65. The molecule has 1 amide bonds. The third-order valence-electron chi connectivity index (χ3n) is 3.12. The molecule has 98 valence electrons. The van der Waals surface area contributed by atoms with E-state index in [9.17, 15) is 4.79 Å². The molecule has 0 radical (unpaired) electrons. The first-order valence-corrected chi connectivity index (χ1v) is 6.71. The minimum Gasteiger partial charge on any atom is -0.482 e. The lowest BCUT2D eigenvalue weighted by atomic mass is 10.2. The summed E-state index contributed by atoms with van der Waals surface area (Å²) in [6.07, 6.45) is 2.13. The van der Waals surface area contributed by atoms with E-state index in [2.05, 4.69) is 6.92 Å². The average molecular weight is 288 g/mol. The Morgan fingerprint density at radius 2 is 2.28 bits per heavy atom. The molecule has 1 aromatic carbocycles. The number of hydrogen-bond acceptors (Lipinski definition) is 2. The molecular weight excluding hydrogens is 273 g/mol. The summed E-state index contributed by atoms with van der Waals surface area (Å²) >= 11 is 11.8. The molecule has 1 fully saturated rings. The average Bonchev–Trinajstić information content (AvgIpc) is 2.74. The van der Waals surface area contributed by atoms with Gasteiger partial charge in [-0.15, -0.1) is 0 Å². The van der Waals surface area contributed by atoms with Crippen LogP contribution in [0.15, 0.2) is 18.2 Å². The summed E-state index contributed by atoms with van der Waals surface area (Å²) in [5, 5.41) is 0.969.